The molecule has 0 aromatic carbocycles. The number of piperidine rings is 1. The molecule has 0 aliphatic carbocycles. The van der Waals surface area contributed by atoms with Gasteiger partial charge >= 0.3 is 0 Å². The van der Waals surface area contributed by atoms with Crippen molar-refractivity contribution in [1.82, 2.24) is 9.62 Å². The second-order valence-corrected chi connectivity index (χ2v) is 6.81. The van der Waals surface area contributed by atoms with Crippen molar-refractivity contribution in [3.8, 4) is 0 Å². The summed E-state index contributed by atoms with van der Waals surface area (Å²) in [4.78, 5) is 0. The van der Waals surface area contributed by atoms with E-state index in [1.165, 1.54) is 6.26 Å². The molecule has 0 aromatic heterocycles. The van der Waals surface area contributed by atoms with Crippen molar-refractivity contribution in [1.29, 1.82) is 0 Å². The van der Waals surface area contributed by atoms with Gasteiger partial charge in [-0.2, -0.15) is 4.31 Å². The number of ether oxygens (including phenoxy) is 1. The average molecular weight is 299 g/mol. The molecule has 0 amide bonds. The Kier molecular flexibility index (Phi) is 6.34. The van der Waals surface area contributed by atoms with Crippen LogP contribution in [0, 0.1) is 0 Å². The second kappa shape index (κ2) is 7.05. The number of hydrogen-bond donors (Lipinski definition) is 1. The van der Waals surface area contributed by atoms with Gasteiger partial charge in [0.15, 0.2) is 0 Å². The first-order valence-electron chi connectivity index (χ1n) is 6.36. The van der Waals surface area contributed by atoms with E-state index in [1.807, 2.05) is 0 Å². The minimum Gasteiger partial charge on any atom is -0.381 e. The molecule has 2 heterocycles. The molecule has 2 fully saturated rings. The van der Waals surface area contributed by atoms with Crippen LogP contribution in [0.1, 0.15) is 25.7 Å². The first-order valence-corrected chi connectivity index (χ1v) is 8.21. The van der Waals surface area contributed by atoms with Crippen molar-refractivity contribution in [2.45, 2.75) is 37.8 Å². The Morgan fingerprint density at radius 3 is 2.06 bits per heavy atom. The minimum absolute atomic E-state index is 0. The summed E-state index contributed by atoms with van der Waals surface area (Å²) in [5.41, 5.74) is 0. The standard InChI is InChI=1S/C11H22N2O3S.ClH/c1-17(14,15)13(10-2-6-12-7-3-10)11-4-8-16-9-5-11;/h10-12H,2-9H2,1H3;1H. The molecule has 2 aliphatic heterocycles. The van der Waals surface area contributed by atoms with Gasteiger partial charge in [0.05, 0.1) is 6.26 Å². The summed E-state index contributed by atoms with van der Waals surface area (Å²) in [5, 5.41) is 3.28. The van der Waals surface area contributed by atoms with E-state index in [1.54, 1.807) is 4.31 Å². The fourth-order valence-corrected chi connectivity index (χ4v) is 4.35. The summed E-state index contributed by atoms with van der Waals surface area (Å²) in [6.45, 7) is 3.20. The van der Waals surface area contributed by atoms with Crippen molar-refractivity contribution in [3.05, 3.63) is 0 Å². The molecule has 2 saturated heterocycles. The van der Waals surface area contributed by atoms with E-state index in [2.05, 4.69) is 5.32 Å². The van der Waals surface area contributed by atoms with Crippen LogP contribution in [0.3, 0.4) is 0 Å². The van der Waals surface area contributed by atoms with Crippen LogP contribution < -0.4 is 5.32 Å². The Bertz CT molecular complexity index is 320. The number of nitrogens with zero attached hydrogens (tertiary/aromatic N) is 1. The molecule has 2 rings (SSSR count). The van der Waals surface area contributed by atoms with Gasteiger partial charge in [0.1, 0.15) is 0 Å². The molecule has 2 aliphatic rings. The topological polar surface area (TPSA) is 58.6 Å². The highest BCUT2D eigenvalue weighted by atomic mass is 35.5. The molecule has 0 radical (unpaired) electrons. The van der Waals surface area contributed by atoms with Gasteiger partial charge in [0, 0.05) is 25.3 Å². The monoisotopic (exact) mass is 298 g/mol. The molecule has 108 valence electrons. The molecule has 0 bridgehead atoms. The zero-order valence-corrected chi connectivity index (χ0v) is 12.4. The molecule has 0 atom stereocenters. The Balaban J connectivity index is 0.00000162. The lowest BCUT2D eigenvalue weighted by molar-refractivity contribution is 0.0460. The van der Waals surface area contributed by atoms with E-state index >= 15 is 0 Å². The predicted molar refractivity (Wildman–Crippen MR) is 73.7 cm³/mol. The maximum atomic E-state index is 12.0. The van der Waals surface area contributed by atoms with Gasteiger partial charge in [0.2, 0.25) is 10.0 Å². The van der Waals surface area contributed by atoms with Gasteiger partial charge in [-0.3, -0.25) is 0 Å². The quantitative estimate of drug-likeness (QED) is 0.829. The third-order valence-corrected chi connectivity index (χ3v) is 4.96. The highest BCUT2D eigenvalue weighted by Crippen LogP contribution is 2.24. The first kappa shape index (κ1) is 16.2. The lowest BCUT2D eigenvalue weighted by atomic mass is 10.0. The van der Waals surface area contributed by atoms with E-state index in [-0.39, 0.29) is 24.5 Å². The van der Waals surface area contributed by atoms with E-state index in [0.29, 0.717) is 13.2 Å². The molecule has 0 spiro atoms. The van der Waals surface area contributed by atoms with Crippen LogP contribution in [-0.2, 0) is 14.8 Å². The largest absolute Gasteiger partial charge is 0.381 e. The first-order chi connectivity index (χ1) is 8.09. The molecular formula is C11H23ClN2O3S. The molecule has 1 N–H and O–H groups in total. The third-order valence-electron chi connectivity index (χ3n) is 3.60. The zero-order valence-electron chi connectivity index (χ0n) is 10.8. The zero-order chi connectivity index (χ0) is 12.3. The van der Waals surface area contributed by atoms with Crippen LogP contribution in [-0.4, -0.2) is 57.4 Å². The Morgan fingerprint density at radius 2 is 1.56 bits per heavy atom. The summed E-state index contributed by atoms with van der Waals surface area (Å²) in [6.07, 6.45) is 4.84. The van der Waals surface area contributed by atoms with E-state index < -0.39 is 10.0 Å². The Morgan fingerprint density at radius 1 is 1.06 bits per heavy atom. The molecule has 0 unspecified atom stereocenters. The maximum Gasteiger partial charge on any atom is 0.211 e. The van der Waals surface area contributed by atoms with Crippen molar-refractivity contribution in [2.24, 2.45) is 0 Å². The van der Waals surface area contributed by atoms with Gasteiger partial charge in [-0.1, -0.05) is 0 Å². The summed E-state index contributed by atoms with van der Waals surface area (Å²) < 4.78 is 31.1. The van der Waals surface area contributed by atoms with Crippen LogP contribution in [0.2, 0.25) is 0 Å². The van der Waals surface area contributed by atoms with Crippen LogP contribution in [0.25, 0.3) is 0 Å². The van der Waals surface area contributed by atoms with Crippen LogP contribution in [0.4, 0.5) is 0 Å². The highest BCUT2D eigenvalue weighted by molar-refractivity contribution is 7.88. The van der Waals surface area contributed by atoms with E-state index in [4.69, 9.17) is 4.74 Å². The number of hydrogen-bond acceptors (Lipinski definition) is 4. The van der Waals surface area contributed by atoms with Crippen molar-refractivity contribution in [2.75, 3.05) is 32.6 Å². The van der Waals surface area contributed by atoms with Gasteiger partial charge in [-0.25, -0.2) is 8.42 Å². The smallest absolute Gasteiger partial charge is 0.211 e. The van der Waals surface area contributed by atoms with Crippen LogP contribution >= 0.6 is 12.4 Å². The fourth-order valence-electron chi connectivity index (χ4n) is 2.84. The van der Waals surface area contributed by atoms with E-state index in [9.17, 15) is 8.42 Å². The van der Waals surface area contributed by atoms with Crippen molar-refractivity contribution >= 4 is 22.4 Å². The van der Waals surface area contributed by atoms with Crippen molar-refractivity contribution < 1.29 is 13.2 Å². The average Bonchev–Trinajstić information content (AvgIpc) is 2.30. The van der Waals surface area contributed by atoms with Crippen LogP contribution in [0.15, 0.2) is 0 Å². The minimum atomic E-state index is -3.11. The summed E-state index contributed by atoms with van der Waals surface area (Å²) in [7, 11) is -3.11. The lowest BCUT2D eigenvalue weighted by Gasteiger charge is -2.39. The second-order valence-electron chi connectivity index (χ2n) is 4.92. The normalized spacial score (nSPS) is 23.9. The molecule has 18 heavy (non-hydrogen) atoms. The Labute approximate surface area is 116 Å². The summed E-state index contributed by atoms with van der Waals surface area (Å²) in [6, 6.07) is 0.316. The summed E-state index contributed by atoms with van der Waals surface area (Å²) in [5.74, 6) is 0. The fraction of sp³-hybridized carbons (Fsp3) is 1.00. The van der Waals surface area contributed by atoms with Gasteiger partial charge in [0.25, 0.3) is 0 Å². The summed E-state index contributed by atoms with van der Waals surface area (Å²) >= 11 is 0. The van der Waals surface area contributed by atoms with Gasteiger partial charge in [-0.05, 0) is 38.8 Å². The predicted octanol–water partition coefficient (Wildman–Crippen LogP) is 0.601. The molecular weight excluding hydrogens is 276 g/mol. The van der Waals surface area contributed by atoms with Gasteiger partial charge < -0.3 is 10.1 Å². The molecule has 7 heteroatoms. The number of nitrogens with one attached hydrogen (secondary N) is 1. The van der Waals surface area contributed by atoms with Gasteiger partial charge in [-0.15, -0.1) is 12.4 Å². The third kappa shape index (κ3) is 4.06. The Hall–Kier alpha value is 0.120. The number of sulfonamides is 1. The maximum absolute atomic E-state index is 12.0. The molecule has 0 saturated carbocycles. The molecule has 5 nitrogen and oxygen atoms in total. The van der Waals surface area contributed by atoms with Crippen LogP contribution in [0.5, 0.6) is 0 Å². The SMILES string of the molecule is CS(=O)(=O)N(C1CCNCC1)C1CCOCC1.Cl. The number of halogens is 1. The number of rotatable bonds is 3. The van der Waals surface area contributed by atoms with E-state index in [0.717, 1.165) is 38.8 Å². The lowest BCUT2D eigenvalue weighted by Crippen LogP contribution is -2.52. The highest BCUT2D eigenvalue weighted by Gasteiger charge is 2.34. The van der Waals surface area contributed by atoms with Crippen molar-refractivity contribution in [3.63, 3.8) is 0 Å². The molecule has 0 aromatic rings.